The lowest BCUT2D eigenvalue weighted by atomic mass is 9.83. The van der Waals surface area contributed by atoms with E-state index < -0.39 is 0 Å². The van der Waals surface area contributed by atoms with Crippen LogP contribution in [0.3, 0.4) is 0 Å². The van der Waals surface area contributed by atoms with E-state index in [2.05, 4.69) is 43.3 Å². The van der Waals surface area contributed by atoms with Crippen molar-refractivity contribution in [3.8, 4) is 0 Å². The fraction of sp³-hybridized carbons (Fsp3) is 0.444. The van der Waals surface area contributed by atoms with Gasteiger partial charge in [-0.15, -0.1) is 0 Å². The molecule has 18 heavy (non-hydrogen) atoms. The quantitative estimate of drug-likeness (QED) is 0.650. The molecule has 0 aromatic heterocycles. The molecule has 0 aliphatic heterocycles. The second-order valence-electron chi connectivity index (χ2n) is 6.39. The highest BCUT2D eigenvalue weighted by atomic mass is 14.4. The highest BCUT2D eigenvalue weighted by molar-refractivity contribution is 5.83. The Morgan fingerprint density at radius 1 is 0.889 bits per heavy atom. The van der Waals surface area contributed by atoms with Gasteiger partial charge in [0.15, 0.2) is 0 Å². The van der Waals surface area contributed by atoms with Crippen molar-refractivity contribution in [1.29, 1.82) is 0 Å². The summed E-state index contributed by atoms with van der Waals surface area (Å²) in [6, 6.07) is 13.9. The normalized spacial score (nSPS) is 30.2. The highest BCUT2D eigenvalue weighted by Crippen LogP contribution is 2.53. The van der Waals surface area contributed by atoms with Crippen LogP contribution in [-0.4, -0.2) is 0 Å². The van der Waals surface area contributed by atoms with E-state index in [-0.39, 0.29) is 0 Å². The van der Waals surface area contributed by atoms with E-state index >= 15 is 0 Å². The maximum absolute atomic E-state index is 2.44. The number of benzene rings is 2. The van der Waals surface area contributed by atoms with Crippen LogP contribution < -0.4 is 0 Å². The summed E-state index contributed by atoms with van der Waals surface area (Å²) < 4.78 is 0. The van der Waals surface area contributed by atoms with Crippen molar-refractivity contribution < 1.29 is 0 Å². The first kappa shape index (κ1) is 10.6. The molecule has 2 aromatic rings. The van der Waals surface area contributed by atoms with Gasteiger partial charge in [-0.25, -0.2) is 0 Å². The minimum absolute atomic E-state index is 0.856. The van der Waals surface area contributed by atoms with Crippen molar-refractivity contribution in [3.63, 3.8) is 0 Å². The van der Waals surface area contributed by atoms with Crippen LogP contribution in [0.2, 0.25) is 0 Å². The third-order valence-corrected chi connectivity index (χ3v) is 5.19. The largest absolute Gasteiger partial charge is 0.0587 e. The molecule has 0 nitrogen and oxygen atoms in total. The summed E-state index contributed by atoms with van der Waals surface area (Å²) in [7, 11) is 0. The lowest BCUT2D eigenvalue weighted by Crippen LogP contribution is -2.08. The molecule has 0 amide bonds. The zero-order valence-electron chi connectivity index (χ0n) is 11.0. The molecule has 2 bridgehead atoms. The Kier molecular flexibility index (Phi) is 2.27. The number of fused-ring (bicyclic) bond motifs is 3. The first-order valence-corrected chi connectivity index (χ1v) is 7.30. The molecule has 0 radical (unpaired) electrons. The number of hydrogen-bond acceptors (Lipinski definition) is 0. The van der Waals surface area contributed by atoms with Gasteiger partial charge in [0.1, 0.15) is 0 Å². The molecule has 2 aliphatic rings. The van der Waals surface area contributed by atoms with E-state index in [1.807, 2.05) is 0 Å². The Labute approximate surface area is 109 Å². The Bertz CT molecular complexity index is 596. The van der Waals surface area contributed by atoms with Crippen molar-refractivity contribution in [3.05, 3.63) is 47.5 Å². The molecule has 2 aliphatic carbocycles. The zero-order chi connectivity index (χ0) is 12.1. The molecule has 0 heterocycles. The monoisotopic (exact) mass is 236 g/mol. The van der Waals surface area contributed by atoms with Gasteiger partial charge in [-0.1, -0.05) is 48.4 Å². The minimum Gasteiger partial charge on any atom is -0.0587 e. The molecular weight excluding hydrogens is 216 g/mol. The maximum atomic E-state index is 2.44. The van der Waals surface area contributed by atoms with E-state index in [9.17, 15) is 0 Å². The van der Waals surface area contributed by atoms with E-state index in [0.29, 0.717) is 0 Å². The molecule has 92 valence electrons. The molecule has 0 spiro atoms. The summed E-state index contributed by atoms with van der Waals surface area (Å²) in [6.45, 7) is 2.17. The fourth-order valence-electron chi connectivity index (χ4n) is 4.27. The SMILES string of the molecule is Cc1ccc2cc(C3CC4CCC3C4)ccc2c1. The number of hydrogen-bond donors (Lipinski definition) is 0. The van der Waals surface area contributed by atoms with Crippen LogP contribution in [0.25, 0.3) is 10.8 Å². The van der Waals surface area contributed by atoms with Gasteiger partial charge in [0.2, 0.25) is 0 Å². The van der Waals surface area contributed by atoms with E-state index in [1.54, 1.807) is 5.56 Å². The van der Waals surface area contributed by atoms with E-state index in [0.717, 1.165) is 17.8 Å². The smallest absolute Gasteiger partial charge is 0.0131 e. The first-order valence-electron chi connectivity index (χ1n) is 7.30. The van der Waals surface area contributed by atoms with Crippen molar-refractivity contribution in [2.45, 2.75) is 38.5 Å². The standard InChI is InChI=1S/C18H20/c1-12-2-4-15-11-17(7-6-14(15)8-12)18-10-13-3-5-16(18)9-13/h2,4,6-8,11,13,16,18H,3,5,9-10H2,1H3. The molecule has 0 heteroatoms. The Balaban J connectivity index is 1.75. The first-order chi connectivity index (χ1) is 8.79. The van der Waals surface area contributed by atoms with Crippen molar-refractivity contribution >= 4 is 10.8 Å². The number of aryl methyl sites for hydroxylation is 1. The van der Waals surface area contributed by atoms with Gasteiger partial charge >= 0.3 is 0 Å². The topological polar surface area (TPSA) is 0 Å². The van der Waals surface area contributed by atoms with Gasteiger partial charge < -0.3 is 0 Å². The summed E-state index contributed by atoms with van der Waals surface area (Å²) >= 11 is 0. The van der Waals surface area contributed by atoms with E-state index in [4.69, 9.17) is 0 Å². The Hall–Kier alpha value is -1.30. The van der Waals surface area contributed by atoms with Crippen LogP contribution in [0.15, 0.2) is 36.4 Å². The van der Waals surface area contributed by atoms with Crippen LogP contribution in [0.1, 0.15) is 42.7 Å². The third-order valence-electron chi connectivity index (χ3n) is 5.19. The molecule has 3 unspecified atom stereocenters. The van der Waals surface area contributed by atoms with Gasteiger partial charge in [0.05, 0.1) is 0 Å². The molecule has 2 fully saturated rings. The van der Waals surface area contributed by atoms with Crippen molar-refractivity contribution in [2.24, 2.45) is 11.8 Å². The third kappa shape index (κ3) is 1.59. The predicted octanol–water partition coefficient (Wildman–Crippen LogP) is 5.05. The molecular formula is C18H20. The maximum Gasteiger partial charge on any atom is -0.0131 e. The number of rotatable bonds is 1. The van der Waals surface area contributed by atoms with Crippen LogP contribution >= 0.6 is 0 Å². The summed E-state index contributed by atoms with van der Waals surface area (Å²) in [5, 5.41) is 2.81. The minimum atomic E-state index is 0.856. The average molecular weight is 236 g/mol. The van der Waals surface area contributed by atoms with Crippen molar-refractivity contribution in [2.75, 3.05) is 0 Å². The highest BCUT2D eigenvalue weighted by Gasteiger charge is 2.39. The van der Waals surface area contributed by atoms with Crippen molar-refractivity contribution in [1.82, 2.24) is 0 Å². The van der Waals surface area contributed by atoms with Crippen LogP contribution in [0, 0.1) is 18.8 Å². The fourth-order valence-corrected chi connectivity index (χ4v) is 4.27. The molecule has 0 N–H and O–H groups in total. The molecule has 3 atom stereocenters. The lowest BCUT2D eigenvalue weighted by Gasteiger charge is -2.22. The molecule has 2 saturated carbocycles. The van der Waals surface area contributed by atoms with Gasteiger partial charge in [0.25, 0.3) is 0 Å². The Morgan fingerprint density at radius 2 is 1.72 bits per heavy atom. The van der Waals surface area contributed by atoms with Gasteiger partial charge in [-0.05, 0) is 60.3 Å². The molecule has 4 rings (SSSR count). The molecule has 0 saturated heterocycles. The van der Waals surface area contributed by atoms with Crippen LogP contribution in [0.5, 0.6) is 0 Å². The van der Waals surface area contributed by atoms with Gasteiger partial charge in [0, 0.05) is 0 Å². The summed E-state index contributed by atoms with van der Waals surface area (Å²) in [6.07, 6.45) is 5.91. The van der Waals surface area contributed by atoms with Crippen LogP contribution in [-0.2, 0) is 0 Å². The predicted molar refractivity (Wildman–Crippen MR) is 76.9 cm³/mol. The summed E-state index contributed by atoms with van der Waals surface area (Å²) in [5.74, 6) is 2.88. The zero-order valence-corrected chi connectivity index (χ0v) is 11.0. The summed E-state index contributed by atoms with van der Waals surface area (Å²) in [4.78, 5) is 0. The van der Waals surface area contributed by atoms with E-state index in [1.165, 1.54) is 42.0 Å². The summed E-state index contributed by atoms with van der Waals surface area (Å²) in [5.41, 5.74) is 2.95. The average Bonchev–Trinajstić information content (AvgIpc) is 3.00. The Morgan fingerprint density at radius 3 is 2.50 bits per heavy atom. The molecule has 2 aromatic carbocycles. The van der Waals surface area contributed by atoms with Gasteiger partial charge in [-0.2, -0.15) is 0 Å². The lowest BCUT2D eigenvalue weighted by molar-refractivity contribution is 0.420. The van der Waals surface area contributed by atoms with Crippen LogP contribution in [0.4, 0.5) is 0 Å². The second kappa shape index (κ2) is 3.85. The second-order valence-corrected chi connectivity index (χ2v) is 6.39. The van der Waals surface area contributed by atoms with Gasteiger partial charge in [-0.3, -0.25) is 0 Å².